The van der Waals surface area contributed by atoms with Gasteiger partial charge in [-0.05, 0) is 24.5 Å². The molecule has 13 heavy (non-hydrogen) atoms. The fourth-order valence-corrected chi connectivity index (χ4v) is 1.67. The van der Waals surface area contributed by atoms with E-state index in [2.05, 4.69) is 31.1 Å². The number of hydrogen-bond donors (Lipinski definition) is 2. The van der Waals surface area contributed by atoms with Gasteiger partial charge < -0.3 is 10.6 Å². The second-order valence-corrected chi connectivity index (χ2v) is 4.22. The van der Waals surface area contributed by atoms with Gasteiger partial charge in [-0.3, -0.25) is 4.79 Å². The molecule has 1 atom stereocenters. The van der Waals surface area contributed by atoms with E-state index in [1.807, 2.05) is 0 Å². The zero-order chi connectivity index (χ0) is 9.90. The first kappa shape index (κ1) is 10.3. The third kappa shape index (κ3) is 2.56. The molecule has 0 aromatic carbocycles. The minimum absolute atomic E-state index is 0.0695. The summed E-state index contributed by atoms with van der Waals surface area (Å²) in [5.74, 6) is -0.0695. The number of amides is 1. The van der Waals surface area contributed by atoms with E-state index in [0.29, 0.717) is 0 Å². The molecule has 1 fully saturated rings. The molecule has 0 aromatic heterocycles. The number of piperidine rings is 1. The number of carbonyl (C=O) groups excluding carboxylic acids is 1. The molecule has 2 N–H and O–H groups in total. The predicted octanol–water partition coefficient (Wildman–Crippen LogP) is 0.677. The van der Waals surface area contributed by atoms with Gasteiger partial charge in [-0.1, -0.05) is 20.4 Å². The molecule has 1 aliphatic rings. The van der Waals surface area contributed by atoms with Crippen molar-refractivity contribution >= 4 is 5.91 Å². The largest absolute Gasteiger partial charge is 0.349 e. The lowest BCUT2D eigenvalue weighted by molar-refractivity contribution is -0.118. The molecule has 1 unspecified atom stereocenters. The fraction of sp³-hybridized carbons (Fsp3) is 0.700. The Hall–Kier alpha value is -0.830. The van der Waals surface area contributed by atoms with Crippen molar-refractivity contribution < 1.29 is 4.79 Å². The topological polar surface area (TPSA) is 41.1 Å². The van der Waals surface area contributed by atoms with Crippen LogP contribution in [0, 0.1) is 5.41 Å². The monoisotopic (exact) mass is 182 g/mol. The average Bonchev–Trinajstić information content (AvgIpc) is 2.08. The second-order valence-electron chi connectivity index (χ2n) is 4.22. The molecule has 1 amide bonds. The smallest absolute Gasteiger partial charge is 0.243 e. The Balaban J connectivity index is 2.55. The van der Waals surface area contributed by atoms with Gasteiger partial charge in [0.05, 0.1) is 0 Å². The van der Waals surface area contributed by atoms with Crippen molar-refractivity contribution in [3.63, 3.8) is 0 Å². The van der Waals surface area contributed by atoms with Crippen molar-refractivity contribution in [2.75, 3.05) is 13.1 Å². The summed E-state index contributed by atoms with van der Waals surface area (Å²) in [6, 6.07) is 0.263. The lowest BCUT2D eigenvalue weighted by Gasteiger charge is -2.39. The highest BCUT2D eigenvalue weighted by molar-refractivity contribution is 5.87. The molecule has 0 aromatic rings. The third-order valence-corrected chi connectivity index (χ3v) is 2.64. The molecule has 0 bridgehead atoms. The van der Waals surface area contributed by atoms with Crippen molar-refractivity contribution in [1.29, 1.82) is 0 Å². The zero-order valence-electron chi connectivity index (χ0n) is 8.39. The summed E-state index contributed by atoms with van der Waals surface area (Å²) in [5, 5.41) is 6.28. The van der Waals surface area contributed by atoms with E-state index in [-0.39, 0.29) is 17.4 Å². The lowest BCUT2D eigenvalue weighted by atomic mass is 9.80. The van der Waals surface area contributed by atoms with Crippen LogP contribution in [0.25, 0.3) is 0 Å². The van der Waals surface area contributed by atoms with Crippen LogP contribution in [-0.4, -0.2) is 25.0 Å². The molecule has 0 spiro atoms. The maximum absolute atomic E-state index is 11.1. The molecule has 0 aliphatic carbocycles. The Bertz CT molecular complexity index is 211. The summed E-state index contributed by atoms with van der Waals surface area (Å²) in [7, 11) is 0. The first-order valence-corrected chi connectivity index (χ1v) is 4.70. The summed E-state index contributed by atoms with van der Waals surface area (Å²) in [5.41, 5.74) is 0.136. The van der Waals surface area contributed by atoms with Crippen molar-refractivity contribution in [2.24, 2.45) is 5.41 Å². The van der Waals surface area contributed by atoms with Gasteiger partial charge >= 0.3 is 0 Å². The Kier molecular flexibility index (Phi) is 3.09. The normalized spacial score (nSPS) is 26.5. The van der Waals surface area contributed by atoms with Gasteiger partial charge in [0.15, 0.2) is 0 Å². The van der Waals surface area contributed by atoms with Crippen molar-refractivity contribution in [3.05, 3.63) is 12.7 Å². The summed E-state index contributed by atoms with van der Waals surface area (Å²) in [6.45, 7) is 9.70. The average molecular weight is 182 g/mol. The zero-order valence-corrected chi connectivity index (χ0v) is 8.39. The Labute approximate surface area is 79.6 Å². The molecule has 3 nitrogen and oxygen atoms in total. The van der Waals surface area contributed by atoms with Crippen LogP contribution in [0.1, 0.15) is 20.3 Å². The highest BCUT2D eigenvalue weighted by Gasteiger charge is 2.32. The number of carbonyl (C=O) groups is 1. The Morgan fingerprint density at radius 2 is 2.38 bits per heavy atom. The van der Waals surface area contributed by atoms with Crippen LogP contribution in [-0.2, 0) is 4.79 Å². The highest BCUT2D eigenvalue weighted by Crippen LogP contribution is 2.24. The maximum atomic E-state index is 11.1. The van der Waals surface area contributed by atoms with Gasteiger partial charge in [0.1, 0.15) is 0 Å². The quantitative estimate of drug-likeness (QED) is 0.616. The first-order chi connectivity index (χ1) is 6.06. The molecule has 0 saturated carbocycles. The summed E-state index contributed by atoms with van der Waals surface area (Å²) >= 11 is 0. The van der Waals surface area contributed by atoms with Crippen LogP contribution in [0.5, 0.6) is 0 Å². The number of nitrogens with one attached hydrogen (secondary N) is 2. The lowest BCUT2D eigenvalue weighted by Crippen LogP contribution is -2.54. The van der Waals surface area contributed by atoms with Crippen molar-refractivity contribution in [1.82, 2.24) is 10.6 Å². The molecule has 1 aliphatic heterocycles. The molecular formula is C10H18N2O. The van der Waals surface area contributed by atoms with Gasteiger partial charge in [-0.25, -0.2) is 0 Å². The first-order valence-electron chi connectivity index (χ1n) is 4.70. The number of rotatable bonds is 2. The van der Waals surface area contributed by atoms with Gasteiger partial charge in [-0.2, -0.15) is 0 Å². The van der Waals surface area contributed by atoms with Crippen LogP contribution in [0.3, 0.4) is 0 Å². The molecule has 74 valence electrons. The van der Waals surface area contributed by atoms with Gasteiger partial charge in [0.2, 0.25) is 5.91 Å². The van der Waals surface area contributed by atoms with Crippen molar-refractivity contribution in [2.45, 2.75) is 26.3 Å². The van der Waals surface area contributed by atoms with Crippen LogP contribution in [0.2, 0.25) is 0 Å². The van der Waals surface area contributed by atoms with E-state index < -0.39 is 0 Å². The van der Waals surface area contributed by atoms with Gasteiger partial charge in [0, 0.05) is 12.6 Å². The Morgan fingerprint density at radius 3 is 2.92 bits per heavy atom. The van der Waals surface area contributed by atoms with Gasteiger partial charge in [0.25, 0.3) is 0 Å². The molecule has 0 radical (unpaired) electrons. The summed E-state index contributed by atoms with van der Waals surface area (Å²) < 4.78 is 0. The summed E-state index contributed by atoms with van der Waals surface area (Å²) in [4.78, 5) is 11.1. The van der Waals surface area contributed by atoms with E-state index >= 15 is 0 Å². The molecule has 3 heteroatoms. The van der Waals surface area contributed by atoms with Crippen LogP contribution in [0.15, 0.2) is 12.7 Å². The minimum atomic E-state index is -0.0695. The second kappa shape index (κ2) is 3.92. The predicted molar refractivity (Wildman–Crippen MR) is 53.4 cm³/mol. The van der Waals surface area contributed by atoms with E-state index in [1.54, 1.807) is 0 Å². The Morgan fingerprint density at radius 1 is 1.69 bits per heavy atom. The van der Waals surface area contributed by atoms with Crippen molar-refractivity contribution in [3.8, 4) is 0 Å². The maximum Gasteiger partial charge on any atom is 0.243 e. The van der Waals surface area contributed by atoms with Crippen LogP contribution < -0.4 is 10.6 Å². The minimum Gasteiger partial charge on any atom is -0.349 e. The highest BCUT2D eigenvalue weighted by atomic mass is 16.1. The fourth-order valence-electron chi connectivity index (χ4n) is 1.67. The summed E-state index contributed by atoms with van der Waals surface area (Å²) in [6.07, 6.45) is 2.32. The van der Waals surface area contributed by atoms with Crippen LogP contribution in [0.4, 0.5) is 0 Å². The molecular weight excluding hydrogens is 164 g/mol. The standard InChI is InChI=1S/C10H18N2O/c1-4-9(13)12-8-5-6-11-7-10(8,2)3/h4,8,11H,1,5-7H2,2-3H3,(H,12,13). The third-order valence-electron chi connectivity index (χ3n) is 2.64. The number of hydrogen-bond acceptors (Lipinski definition) is 2. The van der Waals surface area contributed by atoms with E-state index in [1.165, 1.54) is 6.08 Å². The van der Waals surface area contributed by atoms with E-state index in [9.17, 15) is 4.79 Å². The molecule has 1 heterocycles. The van der Waals surface area contributed by atoms with Gasteiger partial charge in [-0.15, -0.1) is 0 Å². The molecule has 1 saturated heterocycles. The molecule has 1 rings (SSSR count). The van der Waals surface area contributed by atoms with E-state index in [0.717, 1.165) is 19.5 Å². The van der Waals surface area contributed by atoms with E-state index in [4.69, 9.17) is 0 Å². The SMILES string of the molecule is C=CC(=O)NC1CCNCC1(C)C. The van der Waals surface area contributed by atoms with Crippen LogP contribution >= 0.6 is 0 Å².